The molecular weight excluding hydrogens is 969 g/mol. The molecule has 0 aliphatic heterocycles. The van der Waals surface area contributed by atoms with Crippen LogP contribution in [0.15, 0.2) is 155 Å². The number of aromatic carboxylic acids is 2. The molecule has 3 aliphatic carbocycles. The van der Waals surface area contributed by atoms with Crippen molar-refractivity contribution in [1.29, 1.82) is 0 Å². The largest absolute Gasteiger partial charge is 0.478 e. The van der Waals surface area contributed by atoms with Crippen molar-refractivity contribution in [1.82, 2.24) is 27.1 Å². The van der Waals surface area contributed by atoms with Crippen molar-refractivity contribution in [3.63, 3.8) is 0 Å². The van der Waals surface area contributed by atoms with Gasteiger partial charge in [-0.25, -0.2) is 53.2 Å². The summed E-state index contributed by atoms with van der Waals surface area (Å²) in [7, 11) is 0. The van der Waals surface area contributed by atoms with Gasteiger partial charge in [0.15, 0.2) is 0 Å². The number of rotatable bonds is 10. The van der Waals surface area contributed by atoms with E-state index in [2.05, 4.69) is 5.43 Å². The van der Waals surface area contributed by atoms with Crippen molar-refractivity contribution in [3.05, 3.63) is 177 Å². The summed E-state index contributed by atoms with van der Waals surface area (Å²) in [4.78, 5) is 110. The molecule has 0 fully saturated rings. The van der Waals surface area contributed by atoms with Crippen molar-refractivity contribution in [2.45, 2.75) is 19.3 Å². The minimum absolute atomic E-state index is 0.133. The number of hydrogen-bond acceptors (Lipinski definition) is 15. The molecule has 0 saturated heterocycles. The Kier molecular flexibility index (Phi) is 19.9. The molecule has 5 aromatic carbocycles. The summed E-state index contributed by atoms with van der Waals surface area (Å²) in [6, 6.07) is 23.5. The number of nitrogens with two attached hydrogens (primary N) is 5. The van der Waals surface area contributed by atoms with E-state index in [0.29, 0.717) is 66.6 Å². The molecule has 25 heteroatoms. The Morgan fingerprint density at radius 2 is 0.743 bits per heavy atom. The second-order valence-corrected chi connectivity index (χ2v) is 15.1. The first-order valence-electron chi connectivity index (χ1n) is 21.1. The number of nitrogens with one attached hydrogen (secondary N) is 5. The van der Waals surface area contributed by atoms with E-state index in [-0.39, 0.29) is 40.7 Å². The van der Waals surface area contributed by atoms with E-state index >= 15 is 0 Å². The van der Waals surface area contributed by atoms with E-state index in [1.165, 1.54) is 48.6 Å². The first-order valence-corrected chi connectivity index (χ1v) is 21.1. The average Bonchev–Trinajstić information content (AvgIpc) is 4.23. The van der Waals surface area contributed by atoms with Gasteiger partial charge in [0, 0.05) is 39.8 Å². The molecule has 74 heavy (non-hydrogen) atoms. The number of amides is 5. The number of hydrazine groups is 5. The number of benzene rings is 5. The second kappa shape index (κ2) is 26.1. The molecule has 0 atom stereocenters. The van der Waals surface area contributed by atoms with Gasteiger partial charge >= 0.3 is 29.8 Å². The molecular formula is C49H46N10O15. The van der Waals surface area contributed by atoms with Crippen molar-refractivity contribution in [2.75, 3.05) is 0 Å². The van der Waals surface area contributed by atoms with E-state index in [1.807, 2.05) is 21.7 Å². The summed E-state index contributed by atoms with van der Waals surface area (Å²) < 4.78 is 0. The van der Waals surface area contributed by atoms with Crippen molar-refractivity contribution in [2.24, 2.45) is 29.2 Å². The van der Waals surface area contributed by atoms with Gasteiger partial charge in [-0.2, -0.15) is 0 Å². The fraction of sp³-hybridized carbons (Fsp3) is 0.0612. The predicted octanol–water partition coefficient (Wildman–Crippen LogP) is 1.39. The quantitative estimate of drug-likeness (QED) is 0.0407. The van der Waals surface area contributed by atoms with Gasteiger partial charge < -0.3 is 25.5 Å². The van der Waals surface area contributed by atoms with E-state index in [1.54, 1.807) is 72.8 Å². The summed E-state index contributed by atoms with van der Waals surface area (Å²) in [6.45, 7) is 0. The fourth-order valence-corrected chi connectivity index (χ4v) is 7.20. The van der Waals surface area contributed by atoms with Gasteiger partial charge in [0.05, 0.1) is 22.3 Å². The minimum atomic E-state index is -1.03. The molecule has 8 rings (SSSR count). The number of fused-ring (bicyclic) bond motifs is 3. The zero-order valence-corrected chi connectivity index (χ0v) is 38.4. The molecule has 0 saturated carbocycles. The number of carbonyl (C=O) groups excluding carboxylic acids is 5. The summed E-state index contributed by atoms with van der Waals surface area (Å²) in [5.74, 6) is 17.6. The molecule has 0 aromatic heterocycles. The molecule has 0 unspecified atom stereocenters. The van der Waals surface area contributed by atoms with Crippen LogP contribution in [-0.2, 0) is 28.8 Å². The Bertz CT molecular complexity index is 3280. The zero-order valence-electron chi connectivity index (χ0n) is 38.4. The van der Waals surface area contributed by atoms with Crippen LogP contribution in [-0.4, -0.2) is 84.9 Å². The first kappa shape index (κ1) is 56.4. The van der Waals surface area contributed by atoms with Gasteiger partial charge in [0.1, 0.15) is 0 Å². The number of hydrogen-bond donors (Lipinski definition) is 15. The predicted molar refractivity (Wildman–Crippen MR) is 265 cm³/mol. The van der Waals surface area contributed by atoms with E-state index in [9.17, 15) is 53.1 Å². The molecule has 0 spiro atoms. The zero-order chi connectivity index (χ0) is 54.8. The summed E-state index contributed by atoms with van der Waals surface area (Å²) >= 11 is 0. The SMILES string of the molecule is NNC(=O)C1=CC(C(=O)O)=CC1.NNC(=O)C1=CC=C(C(=O)O)C1.NNC(=O)C1=CCC(C(=O)O)=C1.NNC(=O)c1c2ccccc2c(C(=O)O)c2ccccc12.NNC(=O)c1ccc(C(=O)O)c2ccccc12. The van der Waals surface area contributed by atoms with Crippen LogP contribution in [0.5, 0.6) is 0 Å². The highest BCUT2D eigenvalue weighted by molar-refractivity contribution is 6.25. The third-order valence-electron chi connectivity index (χ3n) is 10.7. The lowest BCUT2D eigenvalue weighted by molar-refractivity contribution is -0.133. The first-order chi connectivity index (χ1) is 35.2. The van der Waals surface area contributed by atoms with Crippen LogP contribution in [0.2, 0.25) is 0 Å². The van der Waals surface area contributed by atoms with Crippen LogP contribution in [0.1, 0.15) is 60.7 Å². The van der Waals surface area contributed by atoms with E-state index in [4.69, 9.17) is 49.6 Å². The van der Waals surface area contributed by atoms with Crippen LogP contribution in [0.4, 0.5) is 0 Å². The third kappa shape index (κ3) is 13.8. The maximum atomic E-state index is 12.1. The fourth-order valence-electron chi connectivity index (χ4n) is 7.20. The molecule has 0 heterocycles. The molecule has 0 radical (unpaired) electrons. The van der Waals surface area contributed by atoms with Gasteiger partial charge in [-0.05, 0) is 69.4 Å². The maximum Gasteiger partial charge on any atom is 0.336 e. The van der Waals surface area contributed by atoms with E-state index in [0.717, 1.165) is 0 Å². The standard InChI is InChI=1S/C16H12N2O3.C12H10N2O3.3C7H8N2O3/c17-18-15(19)13-9-5-1-3-7-11(9)14(16(20)21)12-8-4-2-6-10(12)13;13-14-11(15)9-5-6-10(12(16)17)8-4-2-1-3-7(8)9;3*8-9-6(10)4-1-2-5(3-4)7(11)12/h1-8H,17H2,(H,18,19)(H,20,21);1-6H,13H2,(H,14,15)(H,16,17);2-3H,1,8H2,(H,9,10)(H,11,12);1,3H,2,8H2,(H,9,10)(H,11,12);1-2H,3,8H2,(H,9,10)(H,11,12). The highest BCUT2D eigenvalue weighted by Crippen LogP contribution is 2.33. The Balaban J connectivity index is 0.000000205. The van der Waals surface area contributed by atoms with Crippen LogP contribution in [0, 0.1) is 0 Å². The average molecular weight is 1010 g/mol. The molecule has 5 aromatic rings. The monoisotopic (exact) mass is 1010 g/mol. The van der Waals surface area contributed by atoms with Gasteiger partial charge in [0.2, 0.25) is 0 Å². The van der Waals surface area contributed by atoms with Crippen molar-refractivity contribution < 1.29 is 73.5 Å². The molecule has 0 bridgehead atoms. The molecule has 382 valence electrons. The minimum Gasteiger partial charge on any atom is -0.478 e. The normalized spacial score (nSPS) is 12.7. The van der Waals surface area contributed by atoms with Gasteiger partial charge in [-0.1, -0.05) is 97.1 Å². The van der Waals surface area contributed by atoms with Crippen molar-refractivity contribution in [3.8, 4) is 0 Å². The number of carboxylic acids is 5. The Morgan fingerprint density at radius 3 is 1.15 bits per heavy atom. The highest BCUT2D eigenvalue weighted by Gasteiger charge is 2.22. The number of aliphatic carboxylic acids is 3. The number of nitrogen functional groups attached to an aromatic ring is 2. The Morgan fingerprint density at radius 1 is 0.351 bits per heavy atom. The second-order valence-electron chi connectivity index (χ2n) is 15.1. The van der Waals surface area contributed by atoms with Crippen LogP contribution in [0.3, 0.4) is 0 Å². The molecule has 3 aliphatic rings. The third-order valence-corrected chi connectivity index (χ3v) is 10.7. The molecule has 20 N–H and O–H groups in total. The van der Waals surface area contributed by atoms with Gasteiger partial charge in [-0.15, -0.1) is 0 Å². The van der Waals surface area contributed by atoms with Crippen LogP contribution in [0.25, 0.3) is 32.3 Å². The Labute approximate surface area is 416 Å². The van der Waals surface area contributed by atoms with Crippen LogP contribution >= 0.6 is 0 Å². The molecule has 5 amide bonds. The van der Waals surface area contributed by atoms with Crippen LogP contribution < -0.4 is 56.3 Å². The van der Waals surface area contributed by atoms with Gasteiger partial charge in [-0.3, -0.25) is 51.1 Å². The summed E-state index contributed by atoms with van der Waals surface area (Å²) in [6.07, 6.45) is 9.19. The summed E-state index contributed by atoms with van der Waals surface area (Å²) in [5, 5.41) is 47.4. The molecule has 25 nitrogen and oxygen atoms in total. The smallest absolute Gasteiger partial charge is 0.336 e. The number of carboxylic acid groups (broad SMARTS) is 5. The lowest BCUT2D eigenvalue weighted by atomic mass is 9.91. The lowest BCUT2D eigenvalue weighted by Gasteiger charge is -2.13. The summed E-state index contributed by atoms with van der Waals surface area (Å²) in [5.41, 5.74) is 12.6. The van der Waals surface area contributed by atoms with Crippen molar-refractivity contribution >= 4 is 91.7 Å². The van der Waals surface area contributed by atoms with Gasteiger partial charge in [0.25, 0.3) is 29.5 Å². The maximum absolute atomic E-state index is 12.1. The number of carbonyl (C=O) groups is 10. The lowest BCUT2D eigenvalue weighted by Crippen LogP contribution is -2.31. The Hall–Kier alpha value is -10.2. The topological polar surface area (TPSA) is 462 Å². The highest BCUT2D eigenvalue weighted by atomic mass is 16.4. The number of allylic oxidation sites excluding steroid dienone is 4. The van der Waals surface area contributed by atoms with E-state index < -0.39 is 59.4 Å².